The van der Waals surface area contributed by atoms with Crippen LogP contribution in [0.4, 0.5) is 9.59 Å². The maximum Gasteiger partial charge on any atom is 0.408 e. The highest BCUT2D eigenvalue weighted by Crippen LogP contribution is 2.10. The van der Waals surface area contributed by atoms with Gasteiger partial charge in [-0.25, -0.2) is 14.4 Å². The lowest BCUT2D eigenvalue weighted by molar-refractivity contribution is -0.140. The summed E-state index contributed by atoms with van der Waals surface area (Å²) in [7, 11) is 0. The van der Waals surface area contributed by atoms with Crippen molar-refractivity contribution in [2.75, 3.05) is 0 Å². The highest BCUT2D eigenvalue weighted by atomic mass is 16.6. The lowest BCUT2D eigenvalue weighted by Crippen LogP contribution is -2.45. The molecular formula is C21H32N2O7. The number of nitrogens with one attached hydrogen (secondary N) is 2. The van der Waals surface area contributed by atoms with E-state index in [9.17, 15) is 19.5 Å². The zero-order chi connectivity index (χ0) is 22.8. The van der Waals surface area contributed by atoms with Gasteiger partial charge in [0.05, 0.1) is 12.1 Å². The van der Waals surface area contributed by atoms with Gasteiger partial charge in [0.15, 0.2) is 0 Å². The minimum Gasteiger partial charge on any atom is -0.480 e. The second-order valence-electron chi connectivity index (χ2n) is 7.83. The normalized spacial score (nSPS) is 14.0. The molecule has 30 heavy (non-hydrogen) atoms. The molecule has 1 aromatic carbocycles. The number of alkyl carbamates (subject to hydrolysis) is 2. The van der Waals surface area contributed by atoms with Crippen molar-refractivity contribution in [2.24, 2.45) is 11.8 Å². The van der Waals surface area contributed by atoms with E-state index in [-0.39, 0.29) is 25.0 Å². The fourth-order valence-electron chi connectivity index (χ4n) is 2.73. The van der Waals surface area contributed by atoms with Crippen LogP contribution < -0.4 is 10.6 Å². The van der Waals surface area contributed by atoms with Crippen LogP contribution >= 0.6 is 0 Å². The lowest BCUT2D eigenvalue weighted by atomic mass is 10.00. The zero-order valence-electron chi connectivity index (χ0n) is 18.0. The highest BCUT2D eigenvalue weighted by molar-refractivity contribution is 5.80. The van der Waals surface area contributed by atoms with Gasteiger partial charge in [-0.3, -0.25) is 0 Å². The first-order valence-electron chi connectivity index (χ1n) is 9.86. The molecule has 2 amide bonds. The number of aliphatic hydroxyl groups excluding tert-OH is 1. The van der Waals surface area contributed by atoms with E-state index in [4.69, 9.17) is 14.6 Å². The summed E-state index contributed by atoms with van der Waals surface area (Å²) < 4.78 is 10.2. The second-order valence-corrected chi connectivity index (χ2v) is 7.83. The molecule has 0 fully saturated rings. The van der Waals surface area contributed by atoms with E-state index in [0.717, 1.165) is 5.56 Å². The Morgan fingerprint density at radius 3 is 1.60 bits per heavy atom. The maximum absolute atomic E-state index is 11.9. The third-order valence-corrected chi connectivity index (χ3v) is 4.49. The Hall–Kier alpha value is -2.81. The fourth-order valence-corrected chi connectivity index (χ4v) is 2.73. The van der Waals surface area contributed by atoms with E-state index < -0.39 is 36.3 Å². The van der Waals surface area contributed by atoms with E-state index in [1.165, 1.54) is 0 Å². The van der Waals surface area contributed by atoms with Gasteiger partial charge >= 0.3 is 18.2 Å². The Bertz CT molecular complexity index is 694. The van der Waals surface area contributed by atoms with Crippen molar-refractivity contribution in [3.05, 3.63) is 35.4 Å². The summed E-state index contributed by atoms with van der Waals surface area (Å²) in [5.41, 5.74) is 1.44. The van der Waals surface area contributed by atoms with Crippen LogP contribution in [0.5, 0.6) is 0 Å². The number of hydrogen-bond acceptors (Lipinski definition) is 6. The summed E-state index contributed by atoms with van der Waals surface area (Å²) in [5.74, 6) is -1.34. The van der Waals surface area contributed by atoms with Gasteiger partial charge in [0, 0.05) is 0 Å². The molecule has 1 rings (SSSR count). The average molecular weight is 424 g/mol. The summed E-state index contributed by atoms with van der Waals surface area (Å²) in [6, 6.07) is 5.47. The number of ether oxygens (including phenoxy) is 2. The molecule has 168 valence electrons. The molecule has 9 heteroatoms. The predicted molar refractivity (Wildman–Crippen MR) is 110 cm³/mol. The van der Waals surface area contributed by atoms with Gasteiger partial charge in [-0.05, 0) is 29.9 Å². The standard InChI is InChI=1S/C21H32N2O7/c1-12(2)17(14(5)24)22-20(27)29-10-15-6-8-16(9-7-15)11-30-21(28)23-18(13(3)4)19(25)26/h6-9,12-14,17-18,24H,10-11H2,1-5H3,(H,22,27)(H,23,28)(H,25,26). The number of carboxylic acids is 1. The molecule has 9 nitrogen and oxygen atoms in total. The summed E-state index contributed by atoms with van der Waals surface area (Å²) in [6.45, 7) is 8.79. The van der Waals surface area contributed by atoms with Crippen LogP contribution in [0.25, 0.3) is 0 Å². The number of carbonyl (C=O) groups excluding carboxylic acids is 2. The minimum absolute atomic E-state index is 0.0254. The number of hydrogen-bond donors (Lipinski definition) is 4. The third-order valence-electron chi connectivity index (χ3n) is 4.49. The van der Waals surface area contributed by atoms with Gasteiger partial charge in [0.2, 0.25) is 0 Å². The van der Waals surface area contributed by atoms with Gasteiger partial charge < -0.3 is 30.3 Å². The van der Waals surface area contributed by atoms with E-state index in [0.29, 0.717) is 5.56 Å². The van der Waals surface area contributed by atoms with E-state index in [1.807, 2.05) is 13.8 Å². The molecular weight excluding hydrogens is 392 g/mol. The van der Waals surface area contributed by atoms with Crippen LogP contribution in [0.1, 0.15) is 45.7 Å². The third kappa shape index (κ3) is 8.69. The molecule has 0 aliphatic carbocycles. The van der Waals surface area contributed by atoms with E-state index in [2.05, 4.69) is 10.6 Å². The van der Waals surface area contributed by atoms with Gasteiger partial charge in [0.25, 0.3) is 0 Å². The van der Waals surface area contributed by atoms with Gasteiger partial charge in [-0.1, -0.05) is 52.0 Å². The second kappa shape index (κ2) is 12.0. The monoisotopic (exact) mass is 424 g/mol. The van der Waals surface area contributed by atoms with E-state index >= 15 is 0 Å². The van der Waals surface area contributed by atoms with Crippen molar-refractivity contribution >= 4 is 18.2 Å². The molecule has 0 spiro atoms. The van der Waals surface area contributed by atoms with Crippen molar-refractivity contribution in [3.8, 4) is 0 Å². The molecule has 1 aromatic rings. The fraction of sp³-hybridized carbons (Fsp3) is 0.571. The van der Waals surface area contributed by atoms with Crippen LogP contribution in [-0.4, -0.2) is 46.6 Å². The Morgan fingerprint density at radius 1 is 0.833 bits per heavy atom. The summed E-state index contributed by atoms with van der Waals surface area (Å²) in [6.07, 6.45) is -2.12. The first kappa shape index (κ1) is 25.2. The molecule has 4 N–H and O–H groups in total. The topological polar surface area (TPSA) is 134 Å². The predicted octanol–water partition coefficient (Wildman–Crippen LogP) is 2.65. The van der Waals surface area contributed by atoms with Crippen molar-refractivity contribution in [3.63, 3.8) is 0 Å². The molecule has 3 unspecified atom stereocenters. The maximum atomic E-state index is 11.9. The molecule has 0 aliphatic rings. The Kier molecular flexibility index (Phi) is 10.1. The number of carbonyl (C=O) groups is 3. The molecule has 0 heterocycles. The Morgan fingerprint density at radius 2 is 1.27 bits per heavy atom. The minimum atomic E-state index is -1.12. The summed E-state index contributed by atoms with van der Waals surface area (Å²) in [4.78, 5) is 34.8. The Balaban J connectivity index is 2.47. The number of benzene rings is 1. The highest BCUT2D eigenvalue weighted by Gasteiger charge is 2.24. The quantitative estimate of drug-likeness (QED) is 0.453. The number of aliphatic carboxylic acids is 1. The lowest BCUT2D eigenvalue weighted by Gasteiger charge is -2.24. The van der Waals surface area contributed by atoms with Crippen molar-refractivity contribution < 1.29 is 34.1 Å². The van der Waals surface area contributed by atoms with Crippen LogP contribution in [0, 0.1) is 11.8 Å². The molecule has 0 aliphatic heterocycles. The summed E-state index contributed by atoms with van der Waals surface area (Å²) >= 11 is 0. The molecule has 0 aromatic heterocycles. The van der Waals surface area contributed by atoms with Crippen LogP contribution in [0.2, 0.25) is 0 Å². The molecule has 3 atom stereocenters. The Labute approximate surface area is 176 Å². The van der Waals surface area contributed by atoms with Crippen molar-refractivity contribution in [1.29, 1.82) is 0 Å². The molecule has 0 saturated heterocycles. The molecule has 0 radical (unpaired) electrons. The van der Waals surface area contributed by atoms with Crippen molar-refractivity contribution in [1.82, 2.24) is 10.6 Å². The number of amides is 2. The van der Waals surface area contributed by atoms with Crippen LogP contribution in [0.15, 0.2) is 24.3 Å². The van der Waals surface area contributed by atoms with E-state index in [1.54, 1.807) is 45.0 Å². The van der Waals surface area contributed by atoms with Gasteiger partial charge in [-0.15, -0.1) is 0 Å². The number of aliphatic hydroxyl groups is 1. The van der Waals surface area contributed by atoms with Crippen molar-refractivity contribution in [2.45, 2.75) is 66.0 Å². The van der Waals surface area contributed by atoms with Gasteiger partial charge in [0.1, 0.15) is 19.3 Å². The smallest absolute Gasteiger partial charge is 0.408 e. The first-order chi connectivity index (χ1) is 14.0. The zero-order valence-corrected chi connectivity index (χ0v) is 18.0. The largest absolute Gasteiger partial charge is 0.480 e. The average Bonchev–Trinajstić information content (AvgIpc) is 2.66. The molecule has 0 saturated carbocycles. The van der Waals surface area contributed by atoms with Gasteiger partial charge in [-0.2, -0.15) is 0 Å². The summed E-state index contributed by atoms with van der Waals surface area (Å²) in [5, 5.41) is 23.7. The van der Waals surface area contributed by atoms with Crippen LogP contribution in [0.3, 0.4) is 0 Å². The van der Waals surface area contributed by atoms with Crippen LogP contribution in [-0.2, 0) is 27.5 Å². The number of rotatable bonds is 10. The number of carboxylic acid groups (broad SMARTS) is 1. The SMILES string of the molecule is CC(C)C(NC(=O)OCc1ccc(COC(=O)NC(C(C)C)C(C)O)cc1)C(=O)O. The first-order valence-corrected chi connectivity index (χ1v) is 9.86. The molecule has 0 bridgehead atoms.